The minimum absolute atomic E-state index is 0.0325. The van der Waals surface area contributed by atoms with Gasteiger partial charge in [-0.1, -0.05) is 24.3 Å². The molecule has 0 aromatic heterocycles. The van der Waals surface area contributed by atoms with Crippen molar-refractivity contribution >= 4 is 17.1 Å². The third kappa shape index (κ3) is 2.36. The van der Waals surface area contributed by atoms with Crippen LogP contribution in [0.2, 0.25) is 0 Å². The van der Waals surface area contributed by atoms with E-state index in [9.17, 15) is 15.2 Å². The van der Waals surface area contributed by atoms with E-state index in [-0.39, 0.29) is 10.6 Å². The quantitative estimate of drug-likeness (QED) is 0.693. The minimum Gasteiger partial charge on any atom is -0.389 e. The molecule has 0 fully saturated rings. The fourth-order valence-electron chi connectivity index (χ4n) is 2.76. The lowest BCUT2D eigenvalue weighted by molar-refractivity contribution is -0.384. The van der Waals surface area contributed by atoms with Gasteiger partial charge >= 0.3 is 0 Å². The Morgan fingerprint density at radius 2 is 2.00 bits per heavy atom. The van der Waals surface area contributed by atoms with Crippen LogP contribution < -0.4 is 4.90 Å². The summed E-state index contributed by atoms with van der Waals surface area (Å²) >= 11 is 0. The van der Waals surface area contributed by atoms with E-state index in [0.717, 1.165) is 18.7 Å². The molecule has 0 saturated heterocycles. The van der Waals surface area contributed by atoms with Gasteiger partial charge in [0.15, 0.2) is 0 Å². The average molecular weight is 284 g/mol. The van der Waals surface area contributed by atoms with E-state index in [1.165, 1.54) is 11.6 Å². The smallest absolute Gasteiger partial charge is 0.293 e. The van der Waals surface area contributed by atoms with Gasteiger partial charge in [-0.25, -0.2) is 0 Å². The fourth-order valence-corrected chi connectivity index (χ4v) is 2.76. The molecule has 0 radical (unpaired) electrons. The molecule has 1 aliphatic heterocycles. The van der Waals surface area contributed by atoms with E-state index in [2.05, 4.69) is 0 Å². The minimum atomic E-state index is -0.719. The molecule has 108 valence electrons. The summed E-state index contributed by atoms with van der Waals surface area (Å²) in [5.41, 5.74) is 3.38. The van der Waals surface area contributed by atoms with Gasteiger partial charge in [-0.05, 0) is 36.6 Å². The first-order valence-corrected chi connectivity index (χ1v) is 6.90. The van der Waals surface area contributed by atoms with Gasteiger partial charge in [-0.15, -0.1) is 0 Å². The van der Waals surface area contributed by atoms with Crippen molar-refractivity contribution in [3.63, 3.8) is 0 Å². The van der Waals surface area contributed by atoms with E-state index in [4.69, 9.17) is 0 Å². The van der Waals surface area contributed by atoms with Gasteiger partial charge in [0.05, 0.1) is 11.0 Å². The third-order valence-electron chi connectivity index (χ3n) is 3.86. The monoisotopic (exact) mass is 284 g/mol. The maximum absolute atomic E-state index is 11.4. The van der Waals surface area contributed by atoms with Crippen molar-refractivity contribution in [2.45, 2.75) is 19.4 Å². The highest BCUT2D eigenvalue weighted by Gasteiger charge is 2.26. The number of benzene rings is 2. The maximum Gasteiger partial charge on any atom is 0.293 e. The lowest BCUT2D eigenvalue weighted by Crippen LogP contribution is -2.15. The van der Waals surface area contributed by atoms with Crippen molar-refractivity contribution in [1.82, 2.24) is 0 Å². The molecule has 5 heteroatoms. The number of para-hydroxylation sites is 1. The maximum atomic E-state index is 11.4. The summed E-state index contributed by atoms with van der Waals surface area (Å²) in [6.45, 7) is 2.33. The second kappa shape index (κ2) is 5.18. The number of nitro benzene ring substituents is 1. The van der Waals surface area contributed by atoms with Crippen molar-refractivity contribution in [1.29, 1.82) is 0 Å². The standard InChI is InChI=1S/C16H16N2O3/c1-11(19)13-6-7-15(16(10-13)18(20)21)17-9-8-12-4-2-3-5-14(12)17/h2-7,10-11,19H,8-9H2,1H3/t11-/m1/s1. The van der Waals surface area contributed by atoms with Crippen molar-refractivity contribution in [2.24, 2.45) is 0 Å². The molecule has 0 amide bonds. The van der Waals surface area contributed by atoms with Gasteiger partial charge in [0, 0.05) is 18.3 Å². The van der Waals surface area contributed by atoms with Gasteiger partial charge in [0.25, 0.3) is 5.69 Å². The molecule has 0 aliphatic carbocycles. The Morgan fingerprint density at radius 1 is 1.24 bits per heavy atom. The number of rotatable bonds is 3. The second-order valence-corrected chi connectivity index (χ2v) is 5.21. The first kappa shape index (κ1) is 13.6. The van der Waals surface area contributed by atoms with Crippen LogP contribution in [0.5, 0.6) is 0 Å². The third-order valence-corrected chi connectivity index (χ3v) is 3.86. The summed E-state index contributed by atoms with van der Waals surface area (Å²) in [5, 5.41) is 21.0. The van der Waals surface area contributed by atoms with Gasteiger partial charge in [0.1, 0.15) is 5.69 Å². The van der Waals surface area contributed by atoms with Gasteiger partial charge in [-0.2, -0.15) is 0 Å². The summed E-state index contributed by atoms with van der Waals surface area (Å²) in [4.78, 5) is 12.9. The molecule has 0 saturated carbocycles. The zero-order chi connectivity index (χ0) is 15.0. The molecule has 0 bridgehead atoms. The lowest BCUT2D eigenvalue weighted by atomic mass is 10.1. The Morgan fingerprint density at radius 3 is 2.71 bits per heavy atom. The van der Waals surface area contributed by atoms with E-state index in [1.807, 2.05) is 29.2 Å². The molecule has 2 aromatic carbocycles. The number of hydrogen-bond acceptors (Lipinski definition) is 4. The Hall–Kier alpha value is -2.40. The Labute approximate surface area is 122 Å². The predicted octanol–water partition coefficient (Wildman–Crippen LogP) is 3.34. The molecule has 1 aliphatic rings. The largest absolute Gasteiger partial charge is 0.389 e. The van der Waals surface area contributed by atoms with E-state index >= 15 is 0 Å². The first-order valence-electron chi connectivity index (χ1n) is 6.90. The van der Waals surface area contributed by atoms with Crippen LogP contribution in [0, 0.1) is 10.1 Å². The number of fused-ring (bicyclic) bond motifs is 1. The summed E-state index contributed by atoms with van der Waals surface area (Å²) < 4.78 is 0. The number of aliphatic hydroxyl groups is 1. The zero-order valence-electron chi connectivity index (χ0n) is 11.7. The first-order chi connectivity index (χ1) is 10.1. The number of hydrogen-bond donors (Lipinski definition) is 1. The fraction of sp³-hybridized carbons (Fsp3) is 0.250. The van der Waals surface area contributed by atoms with Crippen LogP contribution in [0.1, 0.15) is 24.2 Å². The summed E-state index contributed by atoms with van der Waals surface area (Å²) in [5.74, 6) is 0. The van der Waals surface area contributed by atoms with E-state index < -0.39 is 6.10 Å². The molecule has 2 aromatic rings. The Bertz CT molecular complexity index is 698. The molecule has 3 rings (SSSR count). The van der Waals surface area contributed by atoms with Crippen LogP contribution in [0.4, 0.5) is 17.1 Å². The molecule has 21 heavy (non-hydrogen) atoms. The van der Waals surface area contributed by atoms with Crippen LogP contribution in [0.3, 0.4) is 0 Å². The highest BCUT2D eigenvalue weighted by Crippen LogP contribution is 2.40. The summed E-state index contributed by atoms with van der Waals surface area (Å²) in [6.07, 6.45) is 0.162. The number of nitrogens with zero attached hydrogens (tertiary/aromatic N) is 2. The molecule has 0 spiro atoms. The normalized spacial score (nSPS) is 14.9. The van der Waals surface area contributed by atoms with Crippen LogP contribution in [-0.4, -0.2) is 16.6 Å². The SMILES string of the molecule is C[C@@H](O)c1ccc(N2CCc3ccccc32)c([N+](=O)[O-])c1. The van der Waals surface area contributed by atoms with Crippen LogP contribution in [0.25, 0.3) is 0 Å². The number of nitro groups is 1. The highest BCUT2D eigenvalue weighted by molar-refractivity contribution is 5.76. The highest BCUT2D eigenvalue weighted by atomic mass is 16.6. The van der Waals surface area contributed by atoms with Crippen molar-refractivity contribution < 1.29 is 10.0 Å². The molecule has 0 unspecified atom stereocenters. The predicted molar refractivity (Wildman–Crippen MR) is 80.9 cm³/mol. The van der Waals surface area contributed by atoms with E-state index in [1.54, 1.807) is 19.1 Å². The lowest BCUT2D eigenvalue weighted by Gasteiger charge is -2.20. The molecule has 1 N–H and O–H groups in total. The van der Waals surface area contributed by atoms with Crippen LogP contribution in [0.15, 0.2) is 42.5 Å². The van der Waals surface area contributed by atoms with Crippen LogP contribution >= 0.6 is 0 Å². The summed E-state index contributed by atoms with van der Waals surface area (Å²) in [6, 6.07) is 12.9. The Balaban J connectivity index is 2.09. The van der Waals surface area contributed by atoms with Gasteiger partial charge in [0.2, 0.25) is 0 Å². The zero-order valence-corrected chi connectivity index (χ0v) is 11.7. The average Bonchev–Trinajstić information content (AvgIpc) is 2.90. The van der Waals surface area contributed by atoms with Crippen molar-refractivity contribution in [3.05, 3.63) is 63.7 Å². The van der Waals surface area contributed by atoms with Gasteiger partial charge < -0.3 is 10.0 Å². The topological polar surface area (TPSA) is 66.6 Å². The number of anilines is 2. The van der Waals surface area contributed by atoms with Gasteiger partial charge in [-0.3, -0.25) is 10.1 Å². The molecule has 1 atom stereocenters. The number of aliphatic hydroxyl groups excluding tert-OH is 1. The molecular formula is C16H16N2O3. The molecular weight excluding hydrogens is 268 g/mol. The summed E-state index contributed by atoms with van der Waals surface area (Å²) in [7, 11) is 0. The molecule has 5 nitrogen and oxygen atoms in total. The second-order valence-electron chi connectivity index (χ2n) is 5.21. The van der Waals surface area contributed by atoms with Crippen molar-refractivity contribution in [3.8, 4) is 0 Å². The van der Waals surface area contributed by atoms with Crippen molar-refractivity contribution in [2.75, 3.05) is 11.4 Å². The molecule has 1 heterocycles. The Kier molecular flexibility index (Phi) is 3.35. The van der Waals surface area contributed by atoms with Crippen LogP contribution in [-0.2, 0) is 6.42 Å². The van der Waals surface area contributed by atoms with E-state index in [0.29, 0.717) is 11.3 Å².